The lowest BCUT2D eigenvalue weighted by atomic mass is 9.81. The molecule has 114 valence electrons. The Bertz CT molecular complexity index is 644. The molecule has 2 atom stereocenters. The number of ketones is 1. The van der Waals surface area contributed by atoms with E-state index in [0.717, 1.165) is 5.56 Å². The molecule has 5 heteroatoms. The Balaban J connectivity index is 1.92. The molecular weight excluding hydrogens is 282 g/mol. The van der Waals surface area contributed by atoms with Gasteiger partial charge in [0, 0.05) is 14.2 Å². The summed E-state index contributed by atoms with van der Waals surface area (Å²) < 4.78 is 10.8. The zero-order valence-electron chi connectivity index (χ0n) is 12.4. The average Bonchev–Trinajstić information content (AvgIpc) is 2.98. The van der Waals surface area contributed by atoms with E-state index >= 15 is 0 Å². The SMILES string of the molecule is COC1(OC)C(=O)C=CC2ON=C(/C=C/c3ccccc3)C21. The Kier molecular flexibility index (Phi) is 3.92. The summed E-state index contributed by atoms with van der Waals surface area (Å²) in [4.78, 5) is 17.7. The molecule has 3 rings (SSSR count). The number of methoxy groups -OCH3 is 2. The van der Waals surface area contributed by atoms with Crippen LogP contribution in [0.1, 0.15) is 5.56 Å². The lowest BCUT2D eigenvalue weighted by Gasteiger charge is -2.37. The molecule has 1 aromatic rings. The second-order valence-corrected chi connectivity index (χ2v) is 5.11. The van der Waals surface area contributed by atoms with Gasteiger partial charge >= 0.3 is 0 Å². The molecule has 1 aromatic carbocycles. The topological polar surface area (TPSA) is 57.1 Å². The molecule has 1 heterocycles. The van der Waals surface area contributed by atoms with Crippen LogP contribution < -0.4 is 0 Å². The minimum absolute atomic E-state index is 0.245. The molecule has 0 amide bonds. The first-order valence-corrected chi connectivity index (χ1v) is 7.01. The van der Waals surface area contributed by atoms with Gasteiger partial charge in [0.2, 0.25) is 11.6 Å². The minimum Gasteiger partial charge on any atom is -0.387 e. The summed E-state index contributed by atoms with van der Waals surface area (Å²) in [6.07, 6.45) is 6.50. The highest BCUT2D eigenvalue weighted by Gasteiger charge is 2.56. The van der Waals surface area contributed by atoms with E-state index in [4.69, 9.17) is 14.3 Å². The van der Waals surface area contributed by atoms with Crippen LogP contribution in [0.5, 0.6) is 0 Å². The minimum atomic E-state index is -1.39. The molecule has 2 aliphatic rings. The summed E-state index contributed by atoms with van der Waals surface area (Å²) in [5.41, 5.74) is 1.65. The number of ether oxygens (including phenoxy) is 2. The van der Waals surface area contributed by atoms with Crippen molar-refractivity contribution >= 4 is 17.6 Å². The van der Waals surface area contributed by atoms with Crippen LogP contribution in [0.15, 0.2) is 53.7 Å². The number of hydrogen-bond donors (Lipinski definition) is 0. The van der Waals surface area contributed by atoms with Crippen LogP contribution >= 0.6 is 0 Å². The molecule has 1 aliphatic heterocycles. The highest BCUT2D eigenvalue weighted by atomic mass is 16.7. The lowest BCUT2D eigenvalue weighted by molar-refractivity contribution is -0.225. The van der Waals surface area contributed by atoms with E-state index in [-0.39, 0.29) is 11.9 Å². The predicted octanol–water partition coefficient (Wildman–Crippen LogP) is 2.20. The van der Waals surface area contributed by atoms with Crippen LogP contribution in [-0.4, -0.2) is 37.6 Å². The second-order valence-electron chi connectivity index (χ2n) is 5.11. The van der Waals surface area contributed by atoms with Crippen LogP contribution in [0, 0.1) is 5.92 Å². The highest BCUT2D eigenvalue weighted by molar-refractivity contribution is 6.08. The normalized spacial score (nSPS) is 25.9. The summed E-state index contributed by atoms with van der Waals surface area (Å²) in [5.74, 6) is -2.07. The van der Waals surface area contributed by atoms with Gasteiger partial charge in [0.15, 0.2) is 6.10 Å². The van der Waals surface area contributed by atoms with Gasteiger partial charge in [-0.15, -0.1) is 0 Å². The molecule has 0 saturated heterocycles. The third kappa shape index (κ3) is 2.28. The Morgan fingerprint density at radius 1 is 1.18 bits per heavy atom. The molecule has 5 nitrogen and oxygen atoms in total. The van der Waals surface area contributed by atoms with Crippen LogP contribution in [0.4, 0.5) is 0 Å². The van der Waals surface area contributed by atoms with Crippen molar-refractivity contribution in [2.45, 2.75) is 11.9 Å². The zero-order chi connectivity index (χ0) is 15.6. The van der Waals surface area contributed by atoms with Crippen molar-refractivity contribution in [1.82, 2.24) is 0 Å². The summed E-state index contributed by atoms with van der Waals surface area (Å²) in [5, 5.41) is 4.09. The fourth-order valence-electron chi connectivity index (χ4n) is 2.83. The number of hydrogen-bond acceptors (Lipinski definition) is 5. The maximum atomic E-state index is 12.3. The number of nitrogens with zero attached hydrogens (tertiary/aromatic N) is 1. The van der Waals surface area contributed by atoms with Gasteiger partial charge in [-0.3, -0.25) is 4.79 Å². The van der Waals surface area contributed by atoms with Crippen molar-refractivity contribution in [1.29, 1.82) is 0 Å². The van der Waals surface area contributed by atoms with E-state index in [2.05, 4.69) is 5.16 Å². The number of allylic oxidation sites excluding steroid dienone is 1. The van der Waals surface area contributed by atoms with Gasteiger partial charge in [0.25, 0.3) is 0 Å². The second kappa shape index (κ2) is 5.87. The van der Waals surface area contributed by atoms with Crippen molar-refractivity contribution in [3.8, 4) is 0 Å². The lowest BCUT2D eigenvalue weighted by Crippen LogP contribution is -2.56. The molecule has 1 aliphatic carbocycles. The van der Waals surface area contributed by atoms with E-state index in [1.165, 1.54) is 20.3 Å². The fraction of sp³-hybridized carbons (Fsp3) is 0.294. The van der Waals surface area contributed by atoms with Crippen molar-refractivity contribution in [3.63, 3.8) is 0 Å². The summed E-state index contributed by atoms with van der Waals surface area (Å²) in [6.45, 7) is 0. The fourth-order valence-corrected chi connectivity index (χ4v) is 2.83. The van der Waals surface area contributed by atoms with Gasteiger partial charge in [-0.1, -0.05) is 41.6 Å². The molecule has 0 bridgehead atoms. The number of carbonyl (C=O) groups excluding carboxylic acids is 1. The number of fused-ring (bicyclic) bond motifs is 1. The van der Waals surface area contributed by atoms with Gasteiger partial charge in [-0.25, -0.2) is 0 Å². The quantitative estimate of drug-likeness (QED) is 0.800. The summed E-state index contributed by atoms with van der Waals surface area (Å²) in [7, 11) is 2.91. The zero-order valence-corrected chi connectivity index (χ0v) is 12.4. The van der Waals surface area contributed by atoms with E-state index in [1.54, 1.807) is 6.08 Å². The molecule has 0 spiro atoms. The Morgan fingerprint density at radius 3 is 2.59 bits per heavy atom. The predicted molar refractivity (Wildman–Crippen MR) is 82.2 cm³/mol. The van der Waals surface area contributed by atoms with Crippen LogP contribution in [0.3, 0.4) is 0 Å². The number of carbonyl (C=O) groups is 1. The highest BCUT2D eigenvalue weighted by Crippen LogP contribution is 2.38. The Labute approximate surface area is 128 Å². The summed E-state index contributed by atoms with van der Waals surface area (Å²) in [6, 6.07) is 9.83. The smallest absolute Gasteiger partial charge is 0.245 e. The largest absolute Gasteiger partial charge is 0.387 e. The van der Waals surface area contributed by atoms with Gasteiger partial charge in [-0.2, -0.15) is 0 Å². The third-order valence-electron chi connectivity index (χ3n) is 3.97. The van der Waals surface area contributed by atoms with E-state index < -0.39 is 11.7 Å². The van der Waals surface area contributed by atoms with Crippen molar-refractivity contribution in [2.75, 3.05) is 14.2 Å². The van der Waals surface area contributed by atoms with Gasteiger partial charge in [0.1, 0.15) is 5.92 Å². The maximum absolute atomic E-state index is 12.3. The van der Waals surface area contributed by atoms with Crippen LogP contribution in [-0.2, 0) is 19.1 Å². The van der Waals surface area contributed by atoms with Gasteiger partial charge in [-0.05, 0) is 23.8 Å². The average molecular weight is 299 g/mol. The first-order valence-electron chi connectivity index (χ1n) is 7.01. The Hall–Kier alpha value is -2.24. The molecule has 22 heavy (non-hydrogen) atoms. The van der Waals surface area contributed by atoms with E-state index in [9.17, 15) is 4.79 Å². The Morgan fingerprint density at radius 2 is 1.91 bits per heavy atom. The first-order chi connectivity index (χ1) is 10.7. The molecule has 0 aromatic heterocycles. The molecular formula is C17H17NO4. The number of benzene rings is 1. The van der Waals surface area contributed by atoms with Gasteiger partial charge in [0.05, 0.1) is 5.71 Å². The standard InChI is InChI=1S/C17H17NO4/c1-20-17(21-2)15(19)11-10-14-16(17)13(18-22-14)9-8-12-6-4-3-5-7-12/h3-11,14,16H,1-2H3/b9-8+. The molecule has 2 unspecified atom stereocenters. The van der Waals surface area contributed by atoms with E-state index in [0.29, 0.717) is 5.71 Å². The monoisotopic (exact) mass is 299 g/mol. The first kappa shape index (κ1) is 14.7. The number of oxime groups is 1. The molecule has 0 N–H and O–H groups in total. The van der Waals surface area contributed by atoms with Gasteiger partial charge < -0.3 is 14.3 Å². The van der Waals surface area contributed by atoms with Crippen molar-refractivity contribution < 1.29 is 19.1 Å². The van der Waals surface area contributed by atoms with Crippen LogP contribution in [0.25, 0.3) is 6.08 Å². The number of rotatable bonds is 4. The van der Waals surface area contributed by atoms with Crippen molar-refractivity contribution in [3.05, 3.63) is 54.1 Å². The molecule has 0 radical (unpaired) electrons. The molecule has 0 saturated carbocycles. The van der Waals surface area contributed by atoms with Crippen molar-refractivity contribution in [2.24, 2.45) is 11.1 Å². The maximum Gasteiger partial charge on any atom is 0.245 e. The van der Waals surface area contributed by atoms with Crippen LogP contribution in [0.2, 0.25) is 0 Å². The molecule has 0 fully saturated rings. The van der Waals surface area contributed by atoms with E-state index in [1.807, 2.05) is 42.5 Å². The summed E-state index contributed by atoms with van der Waals surface area (Å²) >= 11 is 0. The third-order valence-corrected chi connectivity index (χ3v) is 3.97.